The van der Waals surface area contributed by atoms with Crippen LogP contribution in [0.15, 0.2) is 41.3 Å². The number of anilines is 2. The Bertz CT molecular complexity index is 1050. The standard InChI is InChI=1S/C21H23FN2O3S/c1-3-21(25)23-11-10-16-13-18(7-9-19(16)23)28(26,27)24-14(2)4-5-15-12-17(22)6-8-20(15)24/h6-9,12-14H,3-5,10-11H2,1-2H3. The van der Waals surface area contributed by atoms with Crippen molar-refractivity contribution >= 4 is 27.3 Å². The average molecular weight is 402 g/mol. The van der Waals surface area contributed by atoms with Gasteiger partial charge in [0.15, 0.2) is 0 Å². The fourth-order valence-corrected chi connectivity index (χ4v) is 5.93. The number of halogens is 1. The van der Waals surface area contributed by atoms with E-state index in [0.717, 1.165) is 11.3 Å². The van der Waals surface area contributed by atoms with Crippen molar-refractivity contribution < 1.29 is 17.6 Å². The molecule has 2 aliphatic rings. The van der Waals surface area contributed by atoms with E-state index in [4.69, 9.17) is 0 Å². The third-order valence-electron chi connectivity index (χ3n) is 5.62. The Morgan fingerprint density at radius 1 is 1.11 bits per heavy atom. The van der Waals surface area contributed by atoms with Crippen molar-refractivity contribution in [3.05, 3.63) is 53.3 Å². The highest BCUT2D eigenvalue weighted by atomic mass is 32.2. The van der Waals surface area contributed by atoms with Gasteiger partial charge in [-0.1, -0.05) is 6.92 Å². The molecule has 0 radical (unpaired) electrons. The number of aryl methyl sites for hydroxylation is 1. The van der Waals surface area contributed by atoms with Crippen LogP contribution in [-0.2, 0) is 27.7 Å². The quantitative estimate of drug-likeness (QED) is 0.787. The number of sulfonamides is 1. The van der Waals surface area contributed by atoms with Gasteiger partial charge >= 0.3 is 0 Å². The van der Waals surface area contributed by atoms with E-state index in [-0.39, 0.29) is 22.7 Å². The highest BCUT2D eigenvalue weighted by Crippen LogP contribution is 2.37. The summed E-state index contributed by atoms with van der Waals surface area (Å²) in [6.07, 6.45) is 2.35. The molecular formula is C21H23FN2O3S. The summed E-state index contributed by atoms with van der Waals surface area (Å²) in [5.74, 6) is -0.321. The summed E-state index contributed by atoms with van der Waals surface area (Å²) in [5, 5.41) is 0. The molecule has 0 N–H and O–H groups in total. The van der Waals surface area contributed by atoms with E-state index < -0.39 is 10.0 Å². The lowest BCUT2D eigenvalue weighted by molar-refractivity contribution is -0.118. The molecule has 1 unspecified atom stereocenters. The van der Waals surface area contributed by atoms with E-state index in [1.54, 1.807) is 29.2 Å². The molecule has 0 fully saturated rings. The topological polar surface area (TPSA) is 57.7 Å². The number of fused-ring (bicyclic) bond motifs is 2. The average Bonchev–Trinajstić information content (AvgIpc) is 3.10. The number of amides is 1. The lowest BCUT2D eigenvalue weighted by Gasteiger charge is -2.36. The Hall–Kier alpha value is -2.41. The van der Waals surface area contributed by atoms with Crippen molar-refractivity contribution in [2.45, 2.75) is 50.5 Å². The number of nitrogens with zero attached hydrogens (tertiary/aromatic N) is 2. The lowest BCUT2D eigenvalue weighted by atomic mass is 9.99. The number of carbonyl (C=O) groups is 1. The second kappa shape index (κ2) is 6.88. The number of rotatable bonds is 3. The van der Waals surface area contributed by atoms with Gasteiger partial charge in [0.2, 0.25) is 5.91 Å². The Morgan fingerprint density at radius 2 is 1.82 bits per heavy atom. The lowest BCUT2D eigenvalue weighted by Crippen LogP contribution is -2.42. The Labute approximate surface area is 164 Å². The zero-order valence-corrected chi connectivity index (χ0v) is 16.8. The molecule has 0 saturated heterocycles. The maximum Gasteiger partial charge on any atom is 0.264 e. The van der Waals surface area contributed by atoms with Crippen molar-refractivity contribution in [3.63, 3.8) is 0 Å². The molecule has 0 saturated carbocycles. The Balaban J connectivity index is 1.75. The van der Waals surface area contributed by atoms with Gasteiger partial charge in [-0.3, -0.25) is 9.10 Å². The molecule has 2 aliphatic heterocycles. The van der Waals surface area contributed by atoms with Crippen LogP contribution in [0.5, 0.6) is 0 Å². The molecule has 1 atom stereocenters. The zero-order chi connectivity index (χ0) is 20.1. The number of carbonyl (C=O) groups excluding carboxylic acids is 1. The van der Waals surface area contributed by atoms with Gasteiger partial charge in [-0.15, -0.1) is 0 Å². The van der Waals surface area contributed by atoms with Crippen molar-refractivity contribution in [1.29, 1.82) is 0 Å². The monoisotopic (exact) mass is 402 g/mol. The van der Waals surface area contributed by atoms with Gasteiger partial charge in [0.25, 0.3) is 10.0 Å². The highest BCUT2D eigenvalue weighted by Gasteiger charge is 2.35. The summed E-state index contributed by atoms with van der Waals surface area (Å²) >= 11 is 0. The SMILES string of the molecule is CCC(=O)N1CCc2cc(S(=O)(=O)N3c4ccc(F)cc4CCC3C)ccc21. The third kappa shape index (κ3) is 2.98. The largest absolute Gasteiger partial charge is 0.312 e. The molecule has 4 rings (SSSR count). The first-order chi connectivity index (χ1) is 13.3. The van der Waals surface area contributed by atoms with Crippen LogP contribution < -0.4 is 9.21 Å². The molecule has 28 heavy (non-hydrogen) atoms. The van der Waals surface area contributed by atoms with Gasteiger partial charge < -0.3 is 4.90 Å². The van der Waals surface area contributed by atoms with Crippen LogP contribution in [0.4, 0.5) is 15.8 Å². The molecule has 1 amide bonds. The van der Waals surface area contributed by atoms with Crippen LogP contribution in [0.2, 0.25) is 0 Å². The van der Waals surface area contributed by atoms with Gasteiger partial charge in [0.05, 0.1) is 10.6 Å². The number of hydrogen-bond acceptors (Lipinski definition) is 3. The van der Waals surface area contributed by atoms with Crippen molar-refractivity contribution in [1.82, 2.24) is 0 Å². The van der Waals surface area contributed by atoms with E-state index in [0.29, 0.717) is 43.5 Å². The van der Waals surface area contributed by atoms with Crippen molar-refractivity contribution in [3.8, 4) is 0 Å². The first kappa shape index (κ1) is 18.9. The van der Waals surface area contributed by atoms with Crippen molar-refractivity contribution in [2.24, 2.45) is 0 Å². The van der Waals surface area contributed by atoms with E-state index in [2.05, 4.69) is 0 Å². The maximum atomic E-state index is 13.6. The summed E-state index contributed by atoms with van der Waals surface area (Å²) in [5.41, 5.74) is 2.91. The van der Waals surface area contributed by atoms with Crippen LogP contribution in [0.1, 0.15) is 37.8 Å². The van der Waals surface area contributed by atoms with Crippen LogP contribution in [0.3, 0.4) is 0 Å². The summed E-state index contributed by atoms with van der Waals surface area (Å²) in [6, 6.07) is 9.03. The van der Waals surface area contributed by atoms with Gasteiger partial charge in [-0.05, 0) is 73.7 Å². The smallest absolute Gasteiger partial charge is 0.264 e. The molecule has 0 aromatic heterocycles. The minimum atomic E-state index is -3.79. The summed E-state index contributed by atoms with van der Waals surface area (Å²) in [7, 11) is -3.79. The van der Waals surface area contributed by atoms with Gasteiger partial charge in [-0.25, -0.2) is 12.8 Å². The van der Waals surface area contributed by atoms with Gasteiger partial charge in [0.1, 0.15) is 5.82 Å². The van der Waals surface area contributed by atoms with E-state index in [1.807, 2.05) is 13.8 Å². The molecule has 148 valence electrons. The zero-order valence-electron chi connectivity index (χ0n) is 16.0. The molecule has 2 heterocycles. The number of hydrogen-bond donors (Lipinski definition) is 0. The molecule has 2 aromatic carbocycles. The molecule has 0 bridgehead atoms. The van der Waals surface area contributed by atoms with Crippen LogP contribution in [0, 0.1) is 5.82 Å². The van der Waals surface area contributed by atoms with Gasteiger partial charge in [-0.2, -0.15) is 0 Å². The summed E-state index contributed by atoms with van der Waals surface area (Å²) in [6.45, 7) is 4.27. The molecule has 0 spiro atoms. The summed E-state index contributed by atoms with van der Waals surface area (Å²) < 4.78 is 42.0. The number of benzene rings is 2. The van der Waals surface area contributed by atoms with Crippen LogP contribution >= 0.6 is 0 Å². The maximum absolute atomic E-state index is 13.6. The first-order valence-electron chi connectivity index (χ1n) is 9.59. The Kier molecular flexibility index (Phi) is 4.65. The normalized spacial score (nSPS) is 18.8. The van der Waals surface area contributed by atoms with E-state index >= 15 is 0 Å². The van der Waals surface area contributed by atoms with Crippen LogP contribution in [0.25, 0.3) is 0 Å². The second-order valence-corrected chi connectivity index (χ2v) is 9.22. The molecule has 5 nitrogen and oxygen atoms in total. The van der Waals surface area contributed by atoms with E-state index in [1.165, 1.54) is 16.4 Å². The minimum Gasteiger partial charge on any atom is -0.312 e. The van der Waals surface area contributed by atoms with Crippen molar-refractivity contribution in [2.75, 3.05) is 15.7 Å². The Morgan fingerprint density at radius 3 is 2.57 bits per heavy atom. The van der Waals surface area contributed by atoms with Gasteiger partial charge in [0, 0.05) is 24.7 Å². The molecule has 0 aliphatic carbocycles. The predicted octanol–water partition coefficient (Wildman–Crippen LogP) is 3.65. The predicted molar refractivity (Wildman–Crippen MR) is 107 cm³/mol. The third-order valence-corrected chi connectivity index (χ3v) is 7.54. The fourth-order valence-electron chi connectivity index (χ4n) is 4.16. The fraction of sp³-hybridized carbons (Fsp3) is 0.381. The summed E-state index contributed by atoms with van der Waals surface area (Å²) in [4.78, 5) is 14.0. The highest BCUT2D eigenvalue weighted by molar-refractivity contribution is 7.92. The molecular weight excluding hydrogens is 379 g/mol. The van der Waals surface area contributed by atoms with E-state index in [9.17, 15) is 17.6 Å². The second-order valence-electron chi connectivity index (χ2n) is 7.40. The van der Waals surface area contributed by atoms with Crippen LogP contribution in [-0.4, -0.2) is 26.9 Å². The first-order valence-corrected chi connectivity index (χ1v) is 11.0. The minimum absolute atomic E-state index is 0.0370. The molecule has 2 aromatic rings. The molecule has 7 heteroatoms.